The van der Waals surface area contributed by atoms with Crippen molar-refractivity contribution in [3.8, 4) is 0 Å². The van der Waals surface area contributed by atoms with Gasteiger partial charge in [-0.15, -0.1) is 0 Å². The van der Waals surface area contributed by atoms with Crippen LogP contribution in [0.2, 0.25) is 0 Å². The van der Waals surface area contributed by atoms with Crippen LogP contribution in [0.15, 0.2) is 0 Å². The highest BCUT2D eigenvalue weighted by Crippen LogP contribution is 2.45. The van der Waals surface area contributed by atoms with Crippen molar-refractivity contribution in [2.75, 3.05) is 39.6 Å². The fourth-order valence-corrected chi connectivity index (χ4v) is 12.9. The molecule has 0 aromatic carbocycles. The number of hydrogen-bond acceptors (Lipinski definition) is 15. The van der Waals surface area contributed by atoms with E-state index < -0.39 is 97.5 Å². The summed E-state index contributed by atoms with van der Waals surface area (Å²) in [6, 6.07) is 0. The van der Waals surface area contributed by atoms with Gasteiger partial charge in [0.25, 0.3) is 0 Å². The number of phosphoric acid groups is 2. The quantitative estimate of drug-likeness (QED) is 0.0222. The summed E-state index contributed by atoms with van der Waals surface area (Å²) in [6.07, 6.45) is 53.2. The summed E-state index contributed by atoms with van der Waals surface area (Å²) >= 11 is 0. The number of hydrogen-bond donors (Lipinski definition) is 3. The van der Waals surface area contributed by atoms with Crippen molar-refractivity contribution in [1.82, 2.24) is 0 Å². The zero-order chi connectivity index (χ0) is 68.6. The van der Waals surface area contributed by atoms with Crippen LogP contribution >= 0.6 is 15.6 Å². The molecule has 0 aliphatic rings. The third kappa shape index (κ3) is 68.4. The smallest absolute Gasteiger partial charge is 0.462 e. The summed E-state index contributed by atoms with van der Waals surface area (Å²) in [5, 5.41) is 10.6. The van der Waals surface area contributed by atoms with E-state index in [4.69, 9.17) is 37.0 Å². The molecule has 3 N–H and O–H groups in total. The van der Waals surface area contributed by atoms with E-state index in [9.17, 15) is 43.2 Å². The molecule has 0 fully saturated rings. The molecule has 0 radical (unpaired) electrons. The molecule has 0 aliphatic carbocycles. The van der Waals surface area contributed by atoms with Crippen molar-refractivity contribution in [1.29, 1.82) is 0 Å². The fraction of sp³-hybridized carbons (Fsp3) is 0.946. The van der Waals surface area contributed by atoms with Crippen molar-refractivity contribution < 1.29 is 80.2 Å². The van der Waals surface area contributed by atoms with E-state index in [1.165, 1.54) is 193 Å². The third-order valence-corrected chi connectivity index (χ3v) is 19.1. The zero-order valence-corrected chi connectivity index (χ0v) is 62.3. The Hall–Kier alpha value is -1.94. The Kier molecular flexibility index (Phi) is 64.6. The lowest BCUT2D eigenvalue weighted by Gasteiger charge is -2.21. The molecule has 19 heteroatoms. The molecule has 0 spiro atoms. The lowest BCUT2D eigenvalue weighted by molar-refractivity contribution is -0.161. The second kappa shape index (κ2) is 66.0. The first-order chi connectivity index (χ1) is 44.9. The van der Waals surface area contributed by atoms with Crippen LogP contribution in [0.3, 0.4) is 0 Å². The van der Waals surface area contributed by atoms with Gasteiger partial charge in [-0.2, -0.15) is 0 Å². The lowest BCUT2D eigenvalue weighted by Crippen LogP contribution is -2.30. The Morgan fingerprint density at radius 2 is 0.495 bits per heavy atom. The van der Waals surface area contributed by atoms with Crippen LogP contribution in [-0.4, -0.2) is 96.7 Å². The maximum atomic E-state index is 13.1. The van der Waals surface area contributed by atoms with Crippen molar-refractivity contribution in [2.45, 2.75) is 400 Å². The first kappa shape index (κ1) is 91.1. The van der Waals surface area contributed by atoms with Gasteiger partial charge in [0.1, 0.15) is 19.3 Å². The third-order valence-electron chi connectivity index (χ3n) is 17.2. The summed E-state index contributed by atoms with van der Waals surface area (Å²) in [5.41, 5.74) is 0. The molecule has 0 rings (SSSR count). The van der Waals surface area contributed by atoms with E-state index in [-0.39, 0.29) is 25.7 Å². The van der Waals surface area contributed by atoms with Gasteiger partial charge in [-0.1, -0.05) is 330 Å². The van der Waals surface area contributed by atoms with Gasteiger partial charge in [0, 0.05) is 25.7 Å². The minimum atomic E-state index is -4.95. The molecule has 93 heavy (non-hydrogen) atoms. The van der Waals surface area contributed by atoms with Crippen LogP contribution in [0.1, 0.15) is 382 Å². The van der Waals surface area contributed by atoms with Gasteiger partial charge in [0.15, 0.2) is 12.2 Å². The Bertz CT molecular complexity index is 1800. The van der Waals surface area contributed by atoms with Crippen LogP contribution < -0.4 is 0 Å². The molecular formula is C74H144O17P2. The van der Waals surface area contributed by atoms with Crippen LogP contribution in [0.25, 0.3) is 0 Å². The number of aliphatic hydroxyl groups is 1. The van der Waals surface area contributed by atoms with Crippen LogP contribution in [-0.2, 0) is 65.4 Å². The number of ether oxygens (including phenoxy) is 4. The number of rotatable bonds is 73. The summed E-state index contributed by atoms with van der Waals surface area (Å²) in [6.45, 7) is 9.54. The Morgan fingerprint density at radius 1 is 0.290 bits per heavy atom. The van der Waals surface area contributed by atoms with Crippen molar-refractivity contribution in [2.24, 2.45) is 11.8 Å². The first-order valence-corrected chi connectivity index (χ1v) is 41.5. The summed E-state index contributed by atoms with van der Waals surface area (Å²) in [5.74, 6) is -0.509. The minimum Gasteiger partial charge on any atom is -0.462 e. The molecule has 0 aromatic rings. The molecule has 0 saturated carbocycles. The molecule has 0 aliphatic heterocycles. The number of esters is 4. The maximum Gasteiger partial charge on any atom is 0.472 e. The van der Waals surface area contributed by atoms with Gasteiger partial charge in [-0.25, -0.2) is 9.13 Å². The predicted octanol–water partition coefficient (Wildman–Crippen LogP) is 21.6. The molecule has 2 unspecified atom stereocenters. The number of phosphoric ester groups is 2. The summed E-state index contributed by atoms with van der Waals surface area (Å²) in [7, 11) is -9.89. The van der Waals surface area contributed by atoms with Gasteiger partial charge < -0.3 is 33.8 Å². The highest BCUT2D eigenvalue weighted by Gasteiger charge is 2.30. The molecule has 5 atom stereocenters. The van der Waals surface area contributed by atoms with E-state index in [2.05, 4.69) is 41.5 Å². The first-order valence-electron chi connectivity index (χ1n) is 38.5. The van der Waals surface area contributed by atoms with Crippen molar-refractivity contribution in [3.63, 3.8) is 0 Å². The molecule has 0 aromatic heterocycles. The molecule has 0 heterocycles. The van der Waals surface area contributed by atoms with E-state index in [1.807, 2.05) is 0 Å². The maximum absolute atomic E-state index is 13.1. The topological polar surface area (TPSA) is 237 Å². The van der Waals surface area contributed by atoms with Gasteiger partial charge in [0.2, 0.25) is 0 Å². The van der Waals surface area contributed by atoms with E-state index in [0.29, 0.717) is 25.7 Å². The summed E-state index contributed by atoms with van der Waals surface area (Å²) in [4.78, 5) is 72.4. The Balaban J connectivity index is 5.12. The standard InChI is InChI=1S/C74H144O17P2/c1-7-9-11-13-14-15-34-40-46-52-58-73(78)90-69(62-84-71(76)56-50-42-12-10-8-2)64-88-92(80,81)86-60-68(75)61-87-93(82,83)89-65-70(91-74(79)59-53-47-41-36-31-27-23-19-17-21-25-29-33-38-44-49-55-67(5)6)63-85-72(77)57-51-45-39-35-30-26-22-18-16-20-24-28-32-37-43-48-54-66(3)4/h66-70,75H,7-65H2,1-6H3,(H,80,81)(H,82,83)/t68-,69+,70+/m0/s1. The highest BCUT2D eigenvalue weighted by atomic mass is 31.2. The number of carbonyl (C=O) groups is 4. The largest absolute Gasteiger partial charge is 0.472 e. The second-order valence-corrected chi connectivity index (χ2v) is 30.5. The molecule has 17 nitrogen and oxygen atoms in total. The van der Waals surface area contributed by atoms with Crippen LogP contribution in [0.5, 0.6) is 0 Å². The lowest BCUT2D eigenvalue weighted by atomic mass is 10.0. The van der Waals surface area contributed by atoms with Crippen molar-refractivity contribution in [3.05, 3.63) is 0 Å². The zero-order valence-electron chi connectivity index (χ0n) is 60.6. The van der Waals surface area contributed by atoms with Gasteiger partial charge in [-0.3, -0.25) is 37.3 Å². The average Bonchev–Trinajstić information content (AvgIpc) is 2.89. The van der Waals surface area contributed by atoms with E-state index in [1.54, 1.807) is 0 Å². The van der Waals surface area contributed by atoms with Gasteiger partial charge in [-0.05, 0) is 37.5 Å². The Morgan fingerprint density at radius 3 is 0.731 bits per heavy atom. The Labute approximate surface area is 568 Å². The summed E-state index contributed by atoms with van der Waals surface area (Å²) < 4.78 is 68.2. The van der Waals surface area contributed by atoms with Crippen molar-refractivity contribution >= 4 is 39.5 Å². The average molecular weight is 1370 g/mol. The van der Waals surface area contributed by atoms with Crippen LogP contribution in [0.4, 0.5) is 0 Å². The molecule has 0 bridgehead atoms. The number of aliphatic hydroxyl groups excluding tert-OH is 1. The normalized spacial score (nSPS) is 14.1. The SMILES string of the molecule is CCCCCCCCCCCCC(=O)O[C@H](COC(=O)CCCCCCC)COP(=O)(O)OC[C@H](O)COP(=O)(O)OC[C@@H](COC(=O)CCCCCCCCCCCCCCCCCCC(C)C)OC(=O)CCCCCCCCCCCCCCCCCCC(C)C. The van der Waals surface area contributed by atoms with Gasteiger partial charge in [0.05, 0.1) is 26.4 Å². The fourth-order valence-electron chi connectivity index (χ4n) is 11.3. The monoisotopic (exact) mass is 1370 g/mol. The molecule has 552 valence electrons. The molecule has 0 saturated heterocycles. The van der Waals surface area contributed by atoms with Crippen LogP contribution in [0, 0.1) is 11.8 Å². The number of unbranched alkanes of at least 4 members (excludes halogenated alkanes) is 43. The van der Waals surface area contributed by atoms with Gasteiger partial charge >= 0.3 is 39.5 Å². The molecule has 0 amide bonds. The van der Waals surface area contributed by atoms with E-state index >= 15 is 0 Å². The predicted molar refractivity (Wildman–Crippen MR) is 377 cm³/mol. The highest BCUT2D eigenvalue weighted by molar-refractivity contribution is 7.47. The van der Waals surface area contributed by atoms with E-state index in [0.717, 1.165) is 108 Å². The second-order valence-electron chi connectivity index (χ2n) is 27.6. The minimum absolute atomic E-state index is 0.106. The number of carbonyl (C=O) groups excluding carboxylic acids is 4. The molecular weight excluding hydrogens is 1220 g/mol.